The molecule has 1 atom stereocenters. The number of carbonyl (C=O) groups excluding carboxylic acids is 1. The van der Waals surface area contributed by atoms with Crippen LogP contribution < -0.4 is 0 Å². The molecule has 0 spiro atoms. The average molecular weight is 344 g/mol. The van der Waals surface area contributed by atoms with Gasteiger partial charge < -0.3 is 4.74 Å². The SMILES string of the molecule is COC(=O)C1CCN([C@H](c2ccccc2)c2ccc(Cl)cc2)CC1. The van der Waals surface area contributed by atoms with E-state index in [-0.39, 0.29) is 17.9 Å². The number of benzene rings is 2. The largest absolute Gasteiger partial charge is 0.469 e. The Morgan fingerprint density at radius 3 is 2.21 bits per heavy atom. The van der Waals surface area contributed by atoms with Crippen LogP contribution in [0.25, 0.3) is 0 Å². The lowest BCUT2D eigenvalue weighted by atomic mass is 9.91. The van der Waals surface area contributed by atoms with Crippen molar-refractivity contribution in [3.63, 3.8) is 0 Å². The smallest absolute Gasteiger partial charge is 0.308 e. The predicted molar refractivity (Wildman–Crippen MR) is 96.1 cm³/mol. The van der Waals surface area contributed by atoms with Gasteiger partial charge in [-0.2, -0.15) is 0 Å². The molecule has 0 bridgehead atoms. The number of halogens is 1. The number of piperidine rings is 1. The van der Waals surface area contributed by atoms with Crippen molar-refractivity contribution in [3.05, 3.63) is 70.7 Å². The molecule has 126 valence electrons. The standard InChI is InChI=1S/C20H22ClNO2/c1-24-20(23)17-11-13-22(14-12-17)19(15-5-3-2-4-6-15)16-7-9-18(21)10-8-16/h2-10,17,19H,11-14H2,1H3/t19-/m1/s1. The Morgan fingerprint density at radius 2 is 1.62 bits per heavy atom. The van der Waals surface area contributed by atoms with Gasteiger partial charge in [-0.1, -0.05) is 54.1 Å². The van der Waals surface area contributed by atoms with Crippen LogP contribution in [0.15, 0.2) is 54.6 Å². The Hall–Kier alpha value is -1.84. The van der Waals surface area contributed by atoms with Crippen LogP contribution in [0.5, 0.6) is 0 Å². The van der Waals surface area contributed by atoms with Crippen molar-refractivity contribution in [2.45, 2.75) is 18.9 Å². The quantitative estimate of drug-likeness (QED) is 0.774. The van der Waals surface area contributed by atoms with Gasteiger partial charge in [0.1, 0.15) is 0 Å². The van der Waals surface area contributed by atoms with E-state index in [4.69, 9.17) is 16.3 Å². The van der Waals surface area contributed by atoms with E-state index in [1.54, 1.807) is 0 Å². The number of rotatable bonds is 4. The zero-order valence-electron chi connectivity index (χ0n) is 13.8. The molecule has 0 aromatic heterocycles. The van der Waals surface area contributed by atoms with Crippen LogP contribution in [-0.4, -0.2) is 31.1 Å². The first kappa shape index (κ1) is 17.0. The Morgan fingerprint density at radius 1 is 1.04 bits per heavy atom. The average Bonchev–Trinajstić information content (AvgIpc) is 2.64. The topological polar surface area (TPSA) is 29.5 Å². The van der Waals surface area contributed by atoms with E-state index >= 15 is 0 Å². The van der Waals surface area contributed by atoms with Gasteiger partial charge in [-0.3, -0.25) is 9.69 Å². The molecule has 1 aliphatic rings. The van der Waals surface area contributed by atoms with Crippen LogP contribution in [-0.2, 0) is 9.53 Å². The van der Waals surface area contributed by atoms with E-state index in [0.29, 0.717) is 0 Å². The third-order valence-electron chi connectivity index (χ3n) is 4.73. The molecule has 4 heteroatoms. The maximum atomic E-state index is 11.8. The molecule has 1 heterocycles. The first-order valence-corrected chi connectivity index (χ1v) is 8.69. The zero-order chi connectivity index (χ0) is 16.9. The second-order valence-corrected chi connectivity index (χ2v) is 6.63. The molecule has 0 saturated carbocycles. The molecule has 2 aromatic carbocycles. The first-order valence-electron chi connectivity index (χ1n) is 8.31. The molecule has 0 aliphatic carbocycles. The van der Waals surface area contributed by atoms with E-state index in [1.807, 2.05) is 18.2 Å². The van der Waals surface area contributed by atoms with Crippen LogP contribution in [0.3, 0.4) is 0 Å². The van der Waals surface area contributed by atoms with Gasteiger partial charge in [0.15, 0.2) is 0 Å². The van der Waals surface area contributed by atoms with Crippen molar-refractivity contribution in [3.8, 4) is 0 Å². The minimum absolute atomic E-state index is 0.0212. The van der Waals surface area contributed by atoms with Gasteiger partial charge in [0.05, 0.1) is 19.1 Å². The molecule has 24 heavy (non-hydrogen) atoms. The highest BCUT2D eigenvalue weighted by Crippen LogP contribution is 2.33. The fourth-order valence-electron chi connectivity index (χ4n) is 3.45. The van der Waals surface area contributed by atoms with Crippen molar-refractivity contribution in [1.29, 1.82) is 0 Å². The molecule has 3 rings (SSSR count). The maximum absolute atomic E-state index is 11.8. The molecule has 0 radical (unpaired) electrons. The monoisotopic (exact) mass is 343 g/mol. The van der Waals surface area contributed by atoms with Crippen molar-refractivity contribution in [1.82, 2.24) is 4.90 Å². The zero-order valence-corrected chi connectivity index (χ0v) is 14.6. The summed E-state index contributed by atoms with van der Waals surface area (Å²) < 4.78 is 4.90. The van der Waals surface area contributed by atoms with Crippen molar-refractivity contribution in [2.75, 3.05) is 20.2 Å². The summed E-state index contributed by atoms with van der Waals surface area (Å²) in [5.74, 6) is -0.0645. The molecule has 1 fully saturated rings. The molecule has 0 amide bonds. The van der Waals surface area contributed by atoms with Gasteiger partial charge in [0.25, 0.3) is 0 Å². The van der Waals surface area contributed by atoms with Crippen LogP contribution in [0.1, 0.15) is 30.0 Å². The summed E-state index contributed by atoms with van der Waals surface area (Å²) in [4.78, 5) is 14.2. The van der Waals surface area contributed by atoms with E-state index in [1.165, 1.54) is 18.2 Å². The van der Waals surface area contributed by atoms with Crippen LogP contribution in [0.2, 0.25) is 5.02 Å². The van der Waals surface area contributed by atoms with Gasteiger partial charge in [-0.05, 0) is 49.2 Å². The van der Waals surface area contributed by atoms with Gasteiger partial charge in [0, 0.05) is 5.02 Å². The summed E-state index contributed by atoms with van der Waals surface area (Å²) in [5, 5.41) is 0.745. The Balaban J connectivity index is 1.84. The molecular formula is C20H22ClNO2. The Bertz CT molecular complexity index is 664. The van der Waals surface area contributed by atoms with Crippen LogP contribution in [0, 0.1) is 5.92 Å². The normalized spacial score (nSPS) is 17.4. The highest BCUT2D eigenvalue weighted by molar-refractivity contribution is 6.30. The second-order valence-electron chi connectivity index (χ2n) is 6.20. The molecule has 1 saturated heterocycles. The van der Waals surface area contributed by atoms with E-state index in [9.17, 15) is 4.79 Å². The van der Waals surface area contributed by atoms with Gasteiger partial charge in [-0.15, -0.1) is 0 Å². The molecule has 3 nitrogen and oxygen atoms in total. The lowest BCUT2D eigenvalue weighted by Crippen LogP contribution is -2.39. The minimum atomic E-state index is -0.0857. The van der Waals surface area contributed by atoms with Crippen LogP contribution >= 0.6 is 11.6 Å². The molecule has 2 aromatic rings. The van der Waals surface area contributed by atoms with Crippen molar-refractivity contribution >= 4 is 17.6 Å². The fraction of sp³-hybridized carbons (Fsp3) is 0.350. The van der Waals surface area contributed by atoms with E-state index < -0.39 is 0 Å². The van der Waals surface area contributed by atoms with E-state index in [2.05, 4.69) is 41.3 Å². The summed E-state index contributed by atoms with van der Waals surface area (Å²) >= 11 is 6.05. The van der Waals surface area contributed by atoms with E-state index in [0.717, 1.165) is 31.0 Å². The lowest BCUT2D eigenvalue weighted by Gasteiger charge is -2.37. The minimum Gasteiger partial charge on any atom is -0.469 e. The molecule has 0 N–H and O–H groups in total. The van der Waals surface area contributed by atoms with Crippen LogP contribution in [0.4, 0.5) is 0 Å². The third-order valence-corrected chi connectivity index (χ3v) is 4.98. The van der Waals surface area contributed by atoms with Gasteiger partial charge >= 0.3 is 5.97 Å². The second kappa shape index (κ2) is 7.82. The lowest BCUT2D eigenvalue weighted by molar-refractivity contribution is -0.147. The molecular weight excluding hydrogens is 322 g/mol. The highest BCUT2D eigenvalue weighted by Gasteiger charge is 2.30. The summed E-state index contributed by atoms with van der Waals surface area (Å²) in [6, 6.07) is 18.7. The Kier molecular flexibility index (Phi) is 5.54. The number of ether oxygens (including phenoxy) is 1. The highest BCUT2D eigenvalue weighted by atomic mass is 35.5. The summed E-state index contributed by atoms with van der Waals surface area (Å²) in [6.45, 7) is 1.75. The van der Waals surface area contributed by atoms with Gasteiger partial charge in [-0.25, -0.2) is 0 Å². The van der Waals surface area contributed by atoms with Crippen molar-refractivity contribution < 1.29 is 9.53 Å². The number of hydrogen-bond acceptors (Lipinski definition) is 3. The fourth-order valence-corrected chi connectivity index (χ4v) is 3.58. The number of hydrogen-bond donors (Lipinski definition) is 0. The number of esters is 1. The summed E-state index contributed by atoms with van der Waals surface area (Å²) in [7, 11) is 1.47. The number of carbonyl (C=O) groups is 1. The van der Waals surface area contributed by atoms with Crippen molar-refractivity contribution in [2.24, 2.45) is 5.92 Å². The number of likely N-dealkylation sites (tertiary alicyclic amines) is 1. The first-order chi connectivity index (χ1) is 11.7. The predicted octanol–water partition coefficient (Wildman–Crippen LogP) is 4.31. The maximum Gasteiger partial charge on any atom is 0.308 e. The molecule has 0 unspecified atom stereocenters. The molecule has 1 aliphatic heterocycles. The Labute approximate surface area is 148 Å². The van der Waals surface area contributed by atoms with Gasteiger partial charge in [0.2, 0.25) is 0 Å². The number of methoxy groups -OCH3 is 1. The number of nitrogens with zero attached hydrogens (tertiary/aromatic N) is 1. The third kappa shape index (κ3) is 3.80. The summed E-state index contributed by atoms with van der Waals surface area (Å²) in [6.07, 6.45) is 1.67. The summed E-state index contributed by atoms with van der Waals surface area (Å²) in [5.41, 5.74) is 2.48.